The summed E-state index contributed by atoms with van der Waals surface area (Å²) in [4.78, 5) is 22.4. The molecule has 92 valence electrons. The van der Waals surface area contributed by atoms with E-state index in [2.05, 4.69) is 5.32 Å². The maximum Gasteiger partial charge on any atom is 0.337 e. The Balaban J connectivity index is 2.83. The summed E-state index contributed by atoms with van der Waals surface area (Å²) in [5.41, 5.74) is 6.01. The highest BCUT2D eigenvalue weighted by molar-refractivity contribution is 6.01. The number of carboxylic acids is 1. The molecule has 6 heteroatoms. The van der Waals surface area contributed by atoms with E-state index < -0.39 is 5.97 Å². The second-order valence-electron chi connectivity index (χ2n) is 3.40. The molecule has 0 aromatic heterocycles. The molecule has 0 saturated heterocycles. The smallest absolute Gasteiger partial charge is 0.337 e. The van der Waals surface area contributed by atoms with Crippen LogP contribution in [-0.4, -0.2) is 30.7 Å². The fourth-order valence-electron chi connectivity index (χ4n) is 1.26. The molecule has 0 bridgehead atoms. The SMILES string of the molecule is COCCC(=O)Nc1ccc(N)cc1C(=O)O. The molecule has 0 unspecified atom stereocenters. The Morgan fingerprint density at radius 1 is 1.47 bits per heavy atom. The van der Waals surface area contributed by atoms with Gasteiger partial charge in [0.15, 0.2) is 0 Å². The number of hydrogen-bond donors (Lipinski definition) is 3. The number of methoxy groups -OCH3 is 1. The zero-order chi connectivity index (χ0) is 12.8. The Bertz CT molecular complexity index is 431. The van der Waals surface area contributed by atoms with Gasteiger partial charge in [-0.15, -0.1) is 0 Å². The quantitative estimate of drug-likeness (QED) is 0.662. The fourth-order valence-corrected chi connectivity index (χ4v) is 1.26. The number of nitrogens with one attached hydrogen (secondary N) is 1. The van der Waals surface area contributed by atoms with Gasteiger partial charge in [0.05, 0.1) is 24.3 Å². The summed E-state index contributed by atoms with van der Waals surface area (Å²) in [7, 11) is 1.49. The van der Waals surface area contributed by atoms with E-state index in [1.165, 1.54) is 25.3 Å². The third kappa shape index (κ3) is 3.76. The number of aromatic carboxylic acids is 1. The molecule has 0 spiro atoms. The van der Waals surface area contributed by atoms with Crippen LogP contribution in [0, 0.1) is 0 Å². The van der Waals surface area contributed by atoms with E-state index in [1.807, 2.05) is 0 Å². The molecule has 1 amide bonds. The molecule has 1 rings (SSSR count). The first-order valence-corrected chi connectivity index (χ1v) is 4.96. The maximum atomic E-state index is 11.4. The second-order valence-corrected chi connectivity index (χ2v) is 3.40. The number of nitrogens with two attached hydrogens (primary N) is 1. The van der Waals surface area contributed by atoms with Crippen molar-refractivity contribution in [3.63, 3.8) is 0 Å². The van der Waals surface area contributed by atoms with E-state index in [1.54, 1.807) is 0 Å². The Morgan fingerprint density at radius 3 is 2.76 bits per heavy atom. The van der Waals surface area contributed by atoms with Gasteiger partial charge in [0, 0.05) is 12.8 Å². The van der Waals surface area contributed by atoms with Crippen molar-refractivity contribution in [2.75, 3.05) is 24.8 Å². The molecule has 4 N–H and O–H groups in total. The number of hydrogen-bond acceptors (Lipinski definition) is 4. The number of amides is 1. The normalized spacial score (nSPS) is 9.94. The Kier molecular flexibility index (Phi) is 4.47. The minimum Gasteiger partial charge on any atom is -0.478 e. The van der Waals surface area contributed by atoms with Gasteiger partial charge in [-0.05, 0) is 18.2 Å². The molecule has 0 aliphatic heterocycles. The van der Waals surface area contributed by atoms with Crippen LogP contribution in [-0.2, 0) is 9.53 Å². The van der Waals surface area contributed by atoms with Crippen LogP contribution in [0.5, 0.6) is 0 Å². The highest BCUT2D eigenvalue weighted by atomic mass is 16.5. The molecule has 0 radical (unpaired) electrons. The average Bonchev–Trinajstić information content (AvgIpc) is 2.28. The third-order valence-corrected chi connectivity index (χ3v) is 2.08. The van der Waals surface area contributed by atoms with Gasteiger partial charge in [-0.25, -0.2) is 4.79 Å². The molecular weight excluding hydrogens is 224 g/mol. The number of carboxylic acid groups (broad SMARTS) is 1. The Labute approximate surface area is 98.4 Å². The van der Waals surface area contributed by atoms with Crippen molar-refractivity contribution < 1.29 is 19.4 Å². The van der Waals surface area contributed by atoms with E-state index in [0.29, 0.717) is 5.69 Å². The van der Waals surface area contributed by atoms with Crippen LogP contribution < -0.4 is 11.1 Å². The third-order valence-electron chi connectivity index (χ3n) is 2.08. The Morgan fingerprint density at radius 2 is 2.18 bits per heavy atom. The Hall–Kier alpha value is -2.08. The number of nitrogen functional groups attached to an aromatic ring is 1. The number of rotatable bonds is 5. The number of anilines is 2. The van der Waals surface area contributed by atoms with Crippen LogP contribution in [0.1, 0.15) is 16.8 Å². The van der Waals surface area contributed by atoms with E-state index in [4.69, 9.17) is 15.6 Å². The molecule has 1 aromatic carbocycles. The molecule has 0 saturated carbocycles. The number of ether oxygens (including phenoxy) is 1. The average molecular weight is 238 g/mol. The first-order valence-electron chi connectivity index (χ1n) is 4.96. The van der Waals surface area contributed by atoms with Crippen LogP contribution in [0.3, 0.4) is 0 Å². The monoisotopic (exact) mass is 238 g/mol. The minimum atomic E-state index is -1.14. The largest absolute Gasteiger partial charge is 0.478 e. The van der Waals surface area contributed by atoms with E-state index >= 15 is 0 Å². The van der Waals surface area contributed by atoms with Crippen LogP contribution in [0.25, 0.3) is 0 Å². The van der Waals surface area contributed by atoms with Gasteiger partial charge in [-0.2, -0.15) is 0 Å². The predicted molar refractivity (Wildman–Crippen MR) is 62.9 cm³/mol. The van der Waals surface area contributed by atoms with Crippen LogP contribution in [0.15, 0.2) is 18.2 Å². The minimum absolute atomic E-state index is 0.0317. The first-order chi connectivity index (χ1) is 8.04. The predicted octanol–water partition coefficient (Wildman–Crippen LogP) is 0.942. The first kappa shape index (κ1) is 13.0. The second kappa shape index (κ2) is 5.86. The van der Waals surface area contributed by atoms with Crippen molar-refractivity contribution in [3.05, 3.63) is 23.8 Å². The van der Waals surface area contributed by atoms with Gasteiger partial charge in [0.1, 0.15) is 0 Å². The zero-order valence-electron chi connectivity index (χ0n) is 9.40. The van der Waals surface area contributed by atoms with Crippen LogP contribution in [0.4, 0.5) is 11.4 Å². The molecule has 0 heterocycles. The topological polar surface area (TPSA) is 102 Å². The van der Waals surface area contributed by atoms with Crippen molar-refractivity contribution in [3.8, 4) is 0 Å². The zero-order valence-corrected chi connectivity index (χ0v) is 9.40. The van der Waals surface area contributed by atoms with Gasteiger partial charge in [-0.1, -0.05) is 0 Å². The number of carbonyl (C=O) groups is 2. The maximum absolute atomic E-state index is 11.4. The van der Waals surface area contributed by atoms with Gasteiger partial charge in [-0.3, -0.25) is 4.79 Å². The lowest BCUT2D eigenvalue weighted by Gasteiger charge is -2.08. The summed E-state index contributed by atoms with van der Waals surface area (Å²) in [5, 5.41) is 11.4. The molecule has 0 fully saturated rings. The molecule has 0 aliphatic rings. The highest BCUT2D eigenvalue weighted by Crippen LogP contribution is 2.19. The van der Waals surface area contributed by atoms with E-state index in [0.717, 1.165) is 0 Å². The van der Waals surface area contributed by atoms with Crippen molar-refractivity contribution in [1.82, 2.24) is 0 Å². The summed E-state index contributed by atoms with van der Waals surface area (Å²) in [6.45, 7) is 0.281. The van der Waals surface area contributed by atoms with Crippen molar-refractivity contribution >= 4 is 23.3 Å². The summed E-state index contributed by atoms with van der Waals surface area (Å²) < 4.78 is 4.75. The van der Waals surface area contributed by atoms with E-state index in [-0.39, 0.29) is 30.2 Å². The number of benzene rings is 1. The summed E-state index contributed by atoms with van der Waals surface area (Å²) in [6.07, 6.45) is 0.167. The van der Waals surface area contributed by atoms with Crippen LogP contribution >= 0.6 is 0 Å². The van der Waals surface area contributed by atoms with Gasteiger partial charge < -0.3 is 20.9 Å². The van der Waals surface area contributed by atoms with E-state index in [9.17, 15) is 9.59 Å². The van der Waals surface area contributed by atoms with Gasteiger partial charge >= 0.3 is 5.97 Å². The summed E-state index contributed by atoms with van der Waals surface area (Å²) in [6, 6.07) is 4.29. The highest BCUT2D eigenvalue weighted by Gasteiger charge is 2.12. The lowest BCUT2D eigenvalue weighted by Crippen LogP contribution is -2.16. The molecule has 1 aromatic rings. The molecule has 6 nitrogen and oxygen atoms in total. The molecule has 0 atom stereocenters. The summed E-state index contributed by atoms with van der Waals surface area (Å²) in [5.74, 6) is -1.45. The standard InChI is InChI=1S/C11H14N2O4/c1-17-5-4-10(14)13-9-3-2-7(12)6-8(9)11(15)16/h2-3,6H,4-5,12H2,1H3,(H,13,14)(H,15,16). The molecule has 17 heavy (non-hydrogen) atoms. The lowest BCUT2D eigenvalue weighted by atomic mass is 10.1. The lowest BCUT2D eigenvalue weighted by molar-refractivity contribution is -0.117. The van der Waals surface area contributed by atoms with Crippen molar-refractivity contribution in [2.24, 2.45) is 0 Å². The van der Waals surface area contributed by atoms with Gasteiger partial charge in [0.2, 0.25) is 5.91 Å². The molecule has 0 aliphatic carbocycles. The summed E-state index contributed by atoms with van der Waals surface area (Å²) >= 11 is 0. The molecular formula is C11H14N2O4. The van der Waals surface area contributed by atoms with Crippen molar-refractivity contribution in [1.29, 1.82) is 0 Å². The van der Waals surface area contributed by atoms with Crippen molar-refractivity contribution in [2.45, 2.75) is 6.42 Å². The number of carbonyl (C=O) groups excluding carboxylic acids is 1. The van der Waals surface area contributed by atoms with Gasteiger partial charge in [0.25, 0.3) is 0 Å². The van der Waals surface area contributed by atoms with Crippen LogP contribution in [0.2, 0.25) is 0 Å². The fraction of sp³-hybridized carbons (Fsp3) is 0.273.